The number of fused-ring (bicyclic) bond motifs is 1. The largest absolute Gasteiger partial charge is 0.354 e. The van der Waals surface area contributed by atoms with Crippen LogP contribution in [0.25, 0.3) is 0 Å². The maximum Gasteiger partial charge on any atom is 0.237 e. The number of nitrogens with one attached hydrogen (secondary N) is 1. The Morgan fingerprint density at radius 1 is 1.21 bits per heavy atom. The van der Waals surface area contributed by atoms with Gasteiger partial charge >= 0.3 is 0 Å². The Morgan fingerprint density at radius 3 is 2.58 bits per heavy atom. The first-order valence-electron chi connectivity index (χ1n) is 8.50. The van der Waals surface area contributed by atoms with E-state index in [9.17, 15) is 13.2 Å². The minimum Gasteiger partial charge on any atom is -0.354 e. The fourth-order valence-corrected chi connectivity index (χ4v) is 4.90. The molecule has 1 aromatic carbocycles. The van der Waals surface area contributed by atoms with Crippen LogP contribution in [0.2, 0.25) is 0 Å². The minimum atomic E-state index is -3.24. The quantitative estimate of drug-likeness (QED) is 0.843. The van der Waals surface area contributed by atoms with E-state index < -0.39 is 10.0 Å². The second kappa shape index (κ2) is 7.21. The monoisotopic (exact) mass is 351 g/mol. The maximum absolute atomic E-state index is 12.5. The number of hydrogen-bond donors (Lipinski definition) is 1. The Hall–Kier alpha value is -1.44. The molecule has 0 radical (unpaired) electrons. The molecule has 1 amide bonds. The Morgan fingerprint density at radius 2 is 1.88 bits per heavy atom. The van der Waals surface area contributed by atoms with Crippen molar-refractivity contribution in [1.29, 1.82) is 0 Å². The van der Waals surface area contributed by atoms with Crippen LogP contribution in [0.1, 0.15) is 24.0 Å². The highest BCUT2D eigenvalue weighted by molar-refractivity contribution is 7.89. The zero-order chi connectivity index (χ0) is 17.2. The molecular formula is C17H25N3O3S. The number of benzene rings is 1. The Bertz CT molecular complexity index is 699. The van der Waals surface area contributed by atoms with Gasteiger partial charge in [-0.1, -0.05) is 24.3 Å². The topological polar surface area (TPSA) is 69.7 Å². The first-order chi connectivity index (χ1) is 11.5. The van der Waals surface area contributed by atoms with E-state index in [4.69, 9.17) is 0 Å². The van der Waals surface area contributed by atoms with Gasteiger partial charge in [-0.05, 0) is 37.4 Å². The Balaban J connectivity index is 1.54. The van der Waals surface area contributed by atoms with Crippen molar-refractivity contribution in [1.82, 2.24) is 14.5 Å². The predicted molar refractivity (Wildman–Crippen MR) is 93.0 cm³/mol. The van der Waals surface area contributed by atoms with Gasteiger partial charge in [-0.3, -0.25) is 9.69 Å². The molecule has 1 atom stereocenters. The SMILES string of the molecule is CN1Cc2ccccc2CC1C(=O)NCCS(=O)(=O)N1CCCC1. The van der Waals surface area contributed by atoms with E-state index in [-0.39, 0.29) is 24.2 Å². The van der Waals surface area contributed by atoms with Gasteiger partial charge in [0.25, 0.3) is 0 Å². The standard InChI is InChI=1S/C17H25N3O3S/c1-19-13-15-7-3-2-6-14(15)12-16(19)17(21)18-8-11-24(22,23)20-9-4-5-10-20/h2-3,6-7,16H,4-5,8-13H2,1H3,(H,18,21). The van der Waals surface area contributed by atoms with Gasteiger partial charge in [0.05, 0.1) is 11.8 Å². The summed E-state index contributed by atoms with van der Waals surface area (Å²) in [6.45, 7) is 2.13. The highest BCUT2D eigenvalue weighted by Gasteiger charge is 2.29. The predicted octanol–water partition coefficient (Wildman–Crippen LogP) is 0.585. The van der Waals surface area contributed by atoms with Gasteiger partial charge in [0.15, 0.2) is 0 Å². The number of rotatable bonds is 5. The van der Waals surface area contributed by atoms with Crippen LogP contribution < -0.4 is 5.32 Å². The van der Waals surface area contributed by atoms with Crippen LogP contribution in [0.5, 0.6) is 0 Å². The molecule has 1 unspecified atom stereocenters. The van der Waals surface area contributed by atoms with Crippen molar-refractivity contribution in [3.05, 3.63) is 35.4 Å². The summed E-state index contributed by atoms with van der Waals surface area (Å²) in [5.41, 5.74) is 2.45. The molecule has 7 heteroatoms. The number of hydrogen-bond acceptors (Lipinski definition) is 4. The summed E-state index contributed by atoms with van der Waals surface area (Å²) in [6, 6.07) is 7.90. The molecule has 0 aliphatic carbocycles. The Labute approximate surface area is 143 Å². The van der Waals surface area contributed by atoms with Gasteiger partial charge < -0.3 is 5.32 Å². The number of carbonyl (C=O) groups excluding carboxylic acids is 1. The summed E-state index contributed by atoms with van der Waals surface area (Å²) in [4.78, 5) is 14.5. The zero-order valence-electron chi connectivity index (χ0n) is 14.1. The van der Waals surface area contributed by atoms with Crippen LogP contribution in [0.4, 0.5) is 0 Å². The molecule has 1 N–H and O–H groups in total. The van der Waals surface area contributed by atoms with E-state index in [1.165, 1.54) is 15.4 Å². The number of carbonyl (C=O) groups is 1. The van der Waals surface area contributed by atoms with E-state index >= 15 is 0 Å². The van der Waals surface area contributed by atoms with E-state index in [2.05, 4.69) is 17.4 Å². The second-order valence-corrected chi connectivity index (χ2v) is 8.71. The zero-order valence-corrected chi connectivity index (χ0v) is 14.9. The lowest BCUT2D eigenvalue weighted by Gasteiger charge is -2.33. The fourth-order valence-electron chi connectivity index (χ4n) is 3.46. The van der Waals surface area contributed by atoms with E-state index in [1.807, 2.05) is 24.1 Å². The number of sulfonamides is 1. The molecule has 2 aliphatic rings. The second-order valence-electron chi connectivity index (χ2n) is 6.62. The minimum absolute atomic E-state index is 0.0221. The first kappa shape index (κ1) is 17.4. The molecule has 0 spiro atoms. The van der Waals surface area contributed by atoms with E-state index in [1.54, 1.807) is 0 Å². The fraction of sp³-hybridized carbons (Fsp3) is 0.588. The highest BCUT2D eigenvalue weighted by atomic mass is 32.2. The third-order valence-corrected chi connectivity index (χ3v) is 6.78. The van der Waals surface area contributed by atoms with Crippen molar-refractivity contribution in [2.24, 2.45) is 0 Å². The van der Waals surface area contributed by atoms with Crippen molar-refractivity contribution in [3.63, 3.8) is 0 Å². The summed E-state index contributed by atoms with van der Waals surface area (Å²) in [6.07, 6.45) is 2.52. The lowest BCUT2D eigenvalue weighted by atomic mass is 9.94. The molecule has 6 nitrogen and oxygen atoms in total. The molecule has 24 heavy (non-hydrogen) atoms. The lowest BCUT2D eigenvalue weighted by Crippen LogP contribution is -2.49. The molecule has 1 saturated heterocycles. The maximum atomic E-state index is 12.5. The van der Waals surface area contributed by atoms with Gasteiger partial charge in [-0.2, -0.15) is 0 Å². The van der Waals surface area contributed by atoms with Crippen LogP contribution in [0.3, 0.4) is 0 Å². The summed E-state index contributed by atoms with van der Waals surface area (Å²) in [5, 5.41) is 2.81. The third kappa shape index (κ3) is 3.79. The highest BCUT2D eigenvalue weighted by Crippen LogP contribution is 2.22. The molecule has 2 aliphatic heterocycles. The van der Waals surface area contributed by atoms with Crippen molar-refractivity contribution in [3.8, 4) is 0 Å². The van der Waals surface area contributed by atoms with Crippen molar-refractivity contribution in [2.75, 3.05) is 32.4 Å². The average Bonchev–Trinajstić information content (AvgIpc) is 3.09. The summed E-state index contributed by atoms with van der Waals surface area (Å²) < 4.78 is 25.9. The molecule has 0 bridgehead atoms. The molecule has 2 heterocycles. The molecule has 0 aromatic heterocycles. The smallest absolute Gasteiger partial charge is 0.237 e. The van der Waals surface area contributed by atoms with Crippen LogP contribution in [-0.4, -0.2) is 62.0 Å². The third-order valence-electron chi connectivity index (χ3n) is 4.90. The van der Waals surface area contributed by atoms with Crippen molar-refractivity contribution >= 4 is 15.9 Å². The van der Waals surface area contributed by atoms with Crippen LogP contribution in [0.15, 0.2) is 24.3 Å². The first-order valence-corrected chi connectivity index (χ1v) is 10.1. The van der Waals surface area contributed by atoms with Crippen LogP contribution in [-0.2, 0) is 27.8 Å². The summed E-state index contributed by atoms with van der Waals surface area (Å²) >= 11 is 0. The van der Waals surface area contributed by atoms with Gasteiger partial charge in [-0.25, -0.2) is 12.7 Å². The van der Waals surface area contributed by atoms with Crippen molar-refractivity contribution in [2.45, 2.75) is 31.8 Å². The van der Waals surface area contributed by atoms with E-state index in [0.717, 1.165) is 19.4 Å². The normalized spacial score (nSPS) is 22.3. The number of likely N-dealkylation sites (N-methyl/N-ethyl adjacent to an activating group) is 1. The molecular weight excluding hydrogens is 326 g/mol. The van der Waals surface area contributed by atoms with Gasteiger partial charge in [0.1, 0.15) is 0 Å². The van der Waals surface area contributed by atoms with Gasteiger partial charge in [0, 0.05) is 26.2 Å². The van der Waals surface area contributed by atoms with E-state index in [0.29, 0.717) is 19.5 Å². The van der Waals surface area contributed by atoms with Crippen LogP contribution >= 0.6 is 0 Å². The van der Waals surface area contributed by atoms with Crippen molar-refractivity contribution < 1.29 is 13.2 Å². The molecule has 132 valence electrons. The average molecular weight is 351 g/mol. The Kier molecular flexibility index (Phi) is 5.22. The molecule has 0 saturated carbocycles. The number of amides is 1. The van der Waals surface area contributed by atoms with Gasteiger partial charge in [0.2, 0.25) is 15.9 Å². The van der Waals surface area contributed by atoms with Gasteiger partial charge in [-0.15, -0.1) is 0 Å². The molecule has 3 rings (SSSR count). The molecule has 1 fully saturated rings. The summed E-state index contributed by atoms with van der Waals surface area (Å²) in [7, 11) is -1.31. The number of nitrogens with zero attached hydrogens (tertiary/aromatic N) is 2. The van der Waals surface area contributed by atoms with Crippen LogP contribution in [0, 0.1) is 0 Å². The molecule has 1 aromatic rings. The lowest BCUT2D eigenvalue weighted by molar-refractivity contribution is -0.126. The summed E-state index contributed by atoms with van der Waals surface area (Å²) in [5.74, 6) is -0.116.